The fourth-order valence-electron chi connectivity index (χ4n) is 1.47. The van der Waals surface area contributed by atoms with Crippen LogP contribution in [0.1, 0.15) is 13.3 Å². The number of aliphatic carboxylic acids is 1. The number of hydrogen-bond donors (Lipinski definition) is 1. The lowest BCUT2D eigenvalue weighted by atomic mass is 10.5. The summed E-state index contributed by atoms with van der Waals surface area (Å²) in [6, 6.07) is 1.88. The van der Waals surface area contributed by atoms with Crippen molar-refractivity contribution in [1.82, 2.24) is 14.1 Å². The third-order valence-electron chi connectivity index (χ3n) is 2.37. The zero-order valence-corrected chi connectivity index (χ0v) is 11.2. The Balaban J connectivity index is 2.95. The summed E-state index contributed by atoms with van der Waals surface area (Å²) in [6.45, 7) is 1.59. The molecule has 8 nitrogen and oxygen atoms in total. The van der Waals surface area contributed by atoms with E-state index >= 15 is 0 Å². The molecule has 0 aliphatic heterocycles. The fourth-order valence-corrected chi connectivity index (χ4v) is 2.88. The molecule has 0 unspecified atom stereocenters. The average Bonchev–Trinajstić information content (AvgIpc) is 2.78. The van der Waals surface area contributed by atoms with E-state index in [9.17, 15) is 13.2 Å². The van der Waals surface area contributed by atoms with Gasteiger partial charge in [0.05, 0.1) is 12.3 Å². The summed E-state index contributed by atoms with van der Waals surface area (Å²) in [7, 11) is -3.73. The number of aromatic nitrogens is 2. The Hall–Kier alpha value is -1.92. The normalized spacial score (nSPS) is 11.4. The molecule has 0 fully saturated rings. The van der Waals surface area contributed by atoms with Crippen molar-refractivity contribution in [1.29, 1.82) is 5.26 Å². The second-order valence-electron chi connectivity index (χ2n) is 3.67. The van der Waals surface area contributed by atoms with Gasteiger partial charge in [-0.2, -0.15) is 14.7 Å². The summed E-state index contributed by atoms with van der Waals surface area (Å²) in [4.78, 5) is 10.4. The number of carbonyl (C=O) groups is 1. The van der Waals surface area contributed by atoms with Crippen molar-refractivity contribution >= 4 is 16.0 Å². The molecule has 0 saturated heterocycles. The second kappa shape index (κ2) is 6.31. The second-order valence-corrected chi connectivity index (χ2v) is 5.61. The third kappa shape index (κ3) is 3.77. The lowest BCUT2D eigenvalue weighted by Crippen LogP contribution is -2.31. The number of rotatable bonds is 7. The maximum absolute atomic E-state index is 12.2. The molecule has 0 atom stereocenters. The summed E-state index contributed by atoms with van der Waals surface area (Å²) in [5.74, 6) is -1.11. The first-order chi connectivity index (χ1) is 8.91. The van der Waals surface area contributed by atoms with Crippen LogP contribution < -0.4 is 0 Å². The minimum absolute atomic E-state index is 0.0754. The van der Waals surface area contributed by atoms with Gasteiger partial charge in [0.2, 0.25) is 10.0 Å². The third-order valence-corrected chi connectivity index (χ3v) is 4.30. The SMILES string of the molecule is CCN(CCC#N)S(=O)(=O)c1cnn(CC(=O)O)c1. The number of hydrogen-bond acceptors (Lipinski definition) is 5. The van der Waals surface area contributed by atoms with E-state index in [1.807, 2.05) is 6.07 Å². The van der Waals surface area contributed by atoms with Crippen molar-refractivity contribution in [2.75, 3.05) is 13.1 Å². The van der Waals surface area contributed by atoms with Crippen LogP contribution in [-0.2, 0) is 21.4 Å². The zero-order valence-electron chi connectivity index (χ0n) is 10.4. The van der Waals surface area contributed by atoms with Crippen LogP contribution in [0.3, 0.4) is 0 Å². The molecule has 0 aromatic carbocycles. The Morgan fingerprint density at radius 2 is 2.32 bits per heavy atom. The van der Waals surface area contributed by atoms with E-state index in [4.69, 9.17) is 10.4 Å². The minimum atomic E-state index is -3.73. The summed E-state index contributed by atoms with van der Waals surface area (Å²) in [5.41, 5.74) is 0. The zero-order chi connectivity index (χ0) is 14.5. The first kappa shape index (κ1) is 15.1. The molecule has 0 saturated carbocycles. The van der Waals surface area contributed by atoms with Crippen molar-refractivity contribution in [3.05, 3.63) is 12.4 Å². The summed E-state index contributed by atoms with van der Waals surface area (Å²) >= 11 is 0. The van der Waals surface area contributed by atoms with Gasteiger partial charge < -0.3 is 5.11 Å². The molecule has 0 radical (unpaired) electrons. The van der Waals surface area contributed by atoms with E-state index in [1.54, 1.807) is 6.92 Å². The van der Waals surface area contributed by atoms with Crippen LogP contribution in [-0.4, -0.2) is 46.7 Å². The van der Waals surface area contributed by atoms with Gasteiger partial charge in [0.1, 0.15) is 11.4 Å². The Morgan fingerprint density at radius 1 is 1.63 bits per heavy atom. The Labute approximate surface area is 110 Å². The highest BCUT2D eigenvalue weighted by Crippen LogP contribution is 2.14. The summed E-state index contributed by atoms with van der Waals surface area (Å²) < 4.78 is 26.6. The largest absolute Gasteiger partial charge is 0.480 e. The molecule has 0 bridgehead atoms. The van der Waals surface area contributed by atoms with Crippen LogP contribution in [0.15, 0.2) is 17.3 Å². The van der Waals surface area contributed by atoms with Crippen LogP contribution >= 0.6 is 0 Å². The Bertz CT molecular complexity index is 587. The van der Waals surface area contributed by atoms with Crippen molar-refractivity contribution < 1.29 is 18.3 Å². The van der Waals surface area contributed by atoms with Crippen LogP contribution in [0.2, 0.25) is 0 Å². The first-order valence-corrected chi connectivity index (χ1v) is 6.97. The molecule has 1 aromatic rings. The number of sulfonamides is 1. The Morgan fingerprint density at radius 3 is 2.84 bits per heavy atom. The number of carboxylic acid groups (broad SMARTS) is 1. The standard InChI is InChI=1S/C10H14N4O4S/c1-2-14(5-3-4-11)19(17,18)9-6-12-13(7-9)8-10(15)16/h6-7H,2-3,5,8H2,1H3,(H,15,16). The van der Waals surface area contributed by atoms with Crippen LogP contribution in [0, 0.1) is 11.3 Å². The van der Waals surface area contributed by atoms with Gasteiger partial charge in [-0.05, 0) is 0 Å². The van der Waals surface area contributed by atoms with Crippen LogP contribution in [0.5, 0.6) is 0 Å². The molecular weight excluding hydrogens is 272 g/mol. The van der Waals surface area contributed by atoms with E-state index in [0.717, 1.165) is 15.2 Å². The van der Waals surface area contributed by atoms with Gasteiger partial charge in [0, 0.05) is 25.7 Å². The van der Waals surface area contributed by atoms with Gasteiger partial charge >= 0.3 is 5.97 Å². The number of nitrogens with zero attached hydrogens (tertiary/aromatic N) is 4. The molecule has 0 aliphatic rings. The molecule has 1 heterocycles. The van der Waals surface area contributed by atoms with Gasteiger partial charge in [-0.1, -0.05) is 6.92 Å². The molecule has 1 rings (SSSR count). The lowest BCUT2D eigenvalue weighted by Gasteiger charge is -2.17. The monoisotopic (exact) mass is 286 g/mol. The average molecular weight is 286 g/mol. The predicted octanol–water partition coefficient (Wildman–Crippen LogP) is -0.108. The summed E-state index contributed by atoms with van der Waals surface area (Å²) in [5, 5.41) is 20.8. The van der Waals surface area contributed by atoms with Crippen LogP contribution in [0.4, 0.5) is 0 Å². The van der Waals surface area contributed by atoms with E-state index in [0.29, 0.717) is 0 Å². The van der Waals surface area contributed by atoms with Gasteiger partial charge in [-0.25, -0.2) is 8.42 Å². The number of nitriles is 1. The highest BCUT2D eigenvalue weighted by atomic mass is 32.2. The molecule has 104 valence electrons. The lowest BCUT2D eigenvalue weighted by molar-refractivity contribution is -0.137. The summed E-state index contributed by atoms with van der Waals surface area (Å²) in [6.07, 6.45) is 2.36. The molecule has 19 heavy (non-hydrogen) atoms. The molecule has 9 heteroatoms. The maximum atomic E-state index is 12.2. The molecule has 0 spiro atoms. The molecule has 1 aromatic heterocycles. The quantitative estimate of drug-likeness (QED) is 0.747. The first-order valence-electron chi connectivity index (χ1n) is 5.53. The number of carboxylic acids is 1. The van der Waals surface area contributed by atoms with Crippen molar-refractivity contribution in [2.45, 2.75) is 24.8 Å². The van der Waals surface area contributed by atoms with E-state index in [1.165, 1.54) is 6.20 Å². The highest BCUT2D eigenvalue weighted by Gasteiger charge is 2.24. The fraction of sp³-hybridized carbons (Fsp3) is 0.500. The van der Waals surface area contributed by atoms with Gasteiger partial charge in [0.15, 0.2) is 0 Å². The van der Waals surface area contributed by atoms with Crippen molar-refractivity contribution in [3.8, 4) is 6.07 Å². The van der Waals surface area contributed by atoms with E-state index in [2.05, 4.69) is 5.10 Å². The minimum Gasteiger partial charge on any atom is -0.480 e. The topological polar surface area (TPSA) is 116 Å². The van der Waals surface area contributed by atoms with E-state index < -0.39 is 22.5 Å². The van der Waals surface area contributed by atoms with Crippen molar-refractivity contribution in [3.63, 3.8) is 0 Å². The molecule has 0 aliphatic carbocycles. The van der Waals surface area contributed by atoms with Crippen LogP contribution in [0.25, 0.3) is 0 Å². The van der Waals surface area contributed by atoms with Crippen molar-refractivity contribution in [2.24, 2.45) is 0 Å². The van der Waals surface area contributed by atoms with Gasteiger partial charge in [-0.15, -0.1) is 0 Å². The maximum Gasteiger partial charge on any atom is 0.325 e. The highest BCUT2D eigenvalue weighted by molar-refractivity contribution is 7.89. The molecule has 0 amide bonds. The van der Waals surface area contributed by atoms with Gasteiger partial charge in [0.25, 0.3) is 0 Å². The smallest absolute Gasteiger partial charge is 0.325 e. The molecular formula is C10H14N4O4S. The predicted molar refractivity (Wildman–Crippen MR) is 64.5 cm³/mol. The van der Waals surface area contributed by atoms with Gasteiger partial charge in [-0.3, -0.25) is 9.48 Å². The van der Waals surface area contributed by atoms with E-state index in [-0.39, 0.29) is 24.4 Å². The molecule has 1 N–H and O–H groups in total. The Kier molecular flexibility index (Phi) is 5.02.